The smallest absolute Gasteiger partial charge is 0.208 e. The van der Waals surface area contributed by atoms with Gasteiger partial charge in [-0.05, 0) is 6.08 Å². The third-order valence-electron chi connectivity index (χ3n) is 1.23. The summed E-state index contributed by atoms with van der Waals surface area (Å²) in [6.45, 7) is 4.29. The molecule has 0 aromatic carbocycles. The van der Waals surface area contributed by atoms with E-state index in [1.165, 1.54) is 6.92 Å². The fraction of sp³-hybridized carbons (Fsp3) is 0.500. The normalized spacial score (nSPS) is 12.4. The molecule has 0 spiro atoms. The molecule has 0 saturated carbocycles. The second-order valence-electron chi connectivity index (χ2n) is 2.26. The summed E-state index contributed by atoms with van der Waals surface area (Å²) in [4.78, 5) is 0. The number of hydrogen-bond donors (Lipinski definition) is 0. The minimum atomic E-state index is -2.72. The van der Waals surface area contributed by atoms with Crippen molar-refractivity contribution in [3.63, 3.8) is 0 Å². The Hall–Kier alpha value is -0.730. The zero-order valence-corrected chi connectivity index (χ0v) is 6.41. The molecular weight excluding hydrogens is 153 g/mol. The Morgan fingerprint density at radius 1 is 1.55 bits per heavy atom. The summed E-state index contributed by atoms with van der Waals surface area (Å²) in [5.74, 6) is -3.41. The topological polar surface area (TPSA) is 0 Å². The molecule has 11 heavy (non-hydrogen) atoms. The van der Waals surface area contributed by atoms with E-state index in [9.17, 15) is 13.2 Å². The average molecular weight is 164 g/mol. The Morgan fingerprint density at radius 2 is 2.09 bits per heavy atom. The van der Waals surface area contributed by atoms with Crippen LogP contribution in [0.5, 0.6) is 0 Å². The van der Waals surface area contributed by atoms with E-state index >= 15 is 0 Å². The van der Waals surface area contributed by atoms with Crippen molar-refractivity contribution >= 4 is 0 Å². The molecule has 0 atom stereocenters. The lowest BCUT2D eigenvalue weighted by molar-refractivity contribution is 0.000544. The van der Waals surface area contributed by atoms with Crippen molar-refractivity contribution in [3.8, 4) is 0 Å². The van der Waals surface area contributed by atoms with Gasteiger partial charge in [0, 0.05) is 12.8 Å². The first kappa shape index (κ1) is 10.3. The zero-order chi connectivity index (χ0) is 8.91. The SMILES string of the molecule is C=C(F)/C=C/CC(F)(F)CC. The van der Waals surface area contributed by atoms with Crippen LogP contribution in [0, 0.1) is 0 Å². The number of hydrogen-bond acceptors (Lipinski definition) is 0. The molecule has 64 valence electrons. The molecule has 0 unspecified atom stereocenters. The fourth-order valence-electron chi connectivity index (χ4n) is 0.504. The molecule has 0 saturated heterocycles. The molecule has 0 aliphatic heterocycles. The molecule has 0 fully saturated rings. The van der Waals surface area contributed by atoms with Crippen molar-refractivity contribution < 1.29 is 13.2 Å². The number of allylic oxidation sites excluding steroid dienone is 3. The Kier molecular flexibility index (Phi) is 3.93. The van der Waals surface area contributed by atoms with E-state index in [-0.39, 0.29) is 6.42 Å². The van der Waals surface area contributed by atoms with Gasteiger partial charge in [-0.25, -0.2) is 13.2 Å². The Labute approximate surface area is 64.4 Å². The van der Waals surface area contributed by atoms with Gasteiger partial charge >= 0.3 is 0 Å². The van der Waals surface area contributed by atoms with E-state index in [1.807, 2.05) is 0 Å². The standard InChI is InChI=1S/C8H11F3/c1-3-8(10,11)6-4-5-7(2)9/h4-5H,2-3,6H2,1H3/b5-4+. The minimum absolute atomic E-state index is 0.226. The Balaban J connectivity index is 3.78. The van der Waals surface area contributed by atoms with Crippen LogP contribution in [0.3, 0.4) is 0 Å². The molecule has 0 rings (SSSR count). The number of alkyl halides is 2. The first-order valence-corrected chi connectivity index (χ1v) is 3.36. The van der Waals surface area contributed by atoms with Crippen molar-refractivity contribution in [2.24, 2.45) is 0 Å². The molecule has 0 aliphatic rings. The molecule has 0 radical (unpaired) electrons. The Morgan fingerprint density at radius 3 is 2.45 bits per heavy atom. The molecule has 3 heteroatoms. The molecule has 0 nitrogen and oxygen atoms in total. The van der Waals surface area contributed by atoms with Crippen molar-refractivity contribution in [3.05, 3.63) is 24.6 Å². The maximum absolute atomic E-state index is 12.4. The van der Waals surface area contributed by atoms with Crippen LogP contribution in [-0.4, -0.2) is 5.92 Å². The average Bonchev–Trinajstić information content (AvgIpc) is 1.87. The summed E-state index contributed by atoms with van der Waals surface area (Å²) in [5.41, 5.74) is 0. The van der Waals surface area contributed by atoms with Gasteiger partial charge < -0.3 is 0 Å². The van der Waals surface area contributed by atoms with E-state index in [4.69, 9.17) is 0 Å². The third kappa shape index (κ3) is 5.70. The van der Waals surface area contributed by atoms with Gasteiger partial charge in [0.05, 0.1) is 0 Å². The van der Waals surface area contributed by atoms with E-state index in [2.05, 4.69) is 6.58 Å². The summed E-state index contributed by atoms with van der Waals surface area (Å²) in [6, 6.07) is 0. The summed E-state index contributed by atoms with van der Waals surface area (Å²) < 4.78 is 36.7. The highest BCUT2D eigenvalue weighted by molar-refractivity contribution is 5.06. The fourth-order valence-corrected chi connectivity index (χ4v) is 0.504. The first-order chi connectivity index (χ1) is 4.98. The summed E-state index contributed by atoms with van der Waals surface area (Å²) in [6.07, 6.45) is 1.39. The Bertz CT molecular complexity index is 159. The van der Waals surface area contributed by atoms with E-state index in [1.54, 1.807) is 0 Å². The first-order valence-electron chi connectivity index (χ1n) is 3.36. The van der Waals surface area contributed by atoms with Gasteiger partial charge in [-0.3, -0.25) is 0 Å². The highest BCUT2D eigenvalue weighted by atomic mass is 19.3. The van der Waals surface area contributed by atoms with Gasteiger partial charge in [-0.1, -0.05) is 19.6 Å². The van der Waals surface area contributed by atoms with Crippen LogP contribution < -0.4 is 0 Å². The van der Waals surface area contributed by atoms with Crippen molar-refractivity contribution in [2.45, 2.75) is 25.7 Å². The van der Waals surface area contributed by atoms with E-state index in [0.717, 1.165) is 12.2 Å². The van der Waals surface area contributed by atoms with Crippen LogP contribution in [0.2, 0.25) is 0 Å². The summed E-state index contributed by atoms with van der Waals surface area (Å²) >= 11 is 0. The van der Waals surface area contributed by atoms with E-state index < -0.39 is 18.2 Å². The van der Waals surface area contributed by atoms with Gasteiger partial charge in [0.1, 0.15) is 5.83 Å². The van der Waals surface area contributed by atoms with Gasteiger partial charge in [0.25, 0.3) is 5.92 Å². The van der Waals surface area contributed by atoms with Crippen LogP contribution in [0.1, 0.15) is 19.8 Å². The van der Waals surface area contributed by atoms with Crippen LogP contribution in [0.25, 0.3) is 0 Å². The molecule has 0 N–H and O–H groups in total. The predicted octanol–water partition coefficient (Wildman–Crippen LogP) is 3.46. The minimum Gasteiger partial charge on any atom is -0.208 e. The summed E-state index contributed by atoms with van der Waals surface area (Å²) in [7, 11) is 0. The van der Waals surface area contributed by atoms with E-state index in [0.29, 0.717) is 0 Å². The third-order valence-corrected chi connectivity index (χ3v) is 1.23. The van der Waals surface area contributed by atoms with Crippen LogP contribution in [0.15, 0.2) is 24.6 Å². The van der Waals surface area contributed by atoms with Gasteiger partial charge in [0.15, 0.2) is 0 Å². The maximum atomic E-state index is 12.4. The quantitative estimate of drug-likeness (QED) is 0.558. The van der Waals surface area contributed by atoms with Crippen LogP contribution in [0.4, 0.5) is 13.2 Å². The molecule has 0 aromatic rings. The number of halogens is 3. The lowest BCUT2D eigenvalue weighted by atomic mass is 10.2. The molecule has 0 aliphatic carbocycles. The van der Waals surface area contributed by atoms with Crippen LogP contribution in [-0.2, 0) is 0 Å². The maximum Gasteiger partial charge on any atom is 0.251 e. The van der Waals surface area contributed by atoms with Gasteiger partial charge in [-0.15, -0.1) is 0 Å². The van der Waals surface area contributed by atoms with Crippen LogP contribution >= 0.6 is 0 Å². The molecule has 0 bridgehead atoms. The van der Waals surface area contributed by atoms with Crippen molar-refractivity contribution in [2.75, 3.05) is 0 Å². The second kappa shape index (κ2) is 4.21. The van der Waals surface area contributed by atoms with Crippen molar-refractivity contribution in [1.29, 1.82) is 0 Å². The lowest BCUT2D eigenvalue weighted by Crippen LogP contribution is -2.11. The second-order valence-corrected chi connectivity index (χ2v) is 2.26. The molecule has 0 aromatic heterocycles. The largest absolute Gasteiger partial charge is 0.251 e. The predicted molar refractivity (Wildman–Crippen MR) is 39.2 cm³/mol. The molecular formula is C8H11F3. The lowest BCUT2D eigenvalue weighted by Gasteiger charge is -2.09. The monoisotopic (exact) mass is 164 g/mol. The molecule has 0 heterocycles. The number of rotatable bonds is 4. The molecule has 0 amide bonds. The highest BCUT2D eigenvalue weighted by Crippen LogP contribution is 2.22. The van der Waals surface area contributed by atoms with Crippen molar-refractivity contribution in [1.82, 2.24) is 0 Å². The summed E-state index contributed by atoms with van der Waals surface area (Å²) in [5, 5.41) is 0. The highest BCUT2D eigenvalue weighted by Gasteiger charge is 2.23. The van der Waals surface area contributed by atoms with Gasteiger partial charge in [0.2, 0.25) is 0 Å². The zero-order valence-electron chi connectivity index (χ0n) is 6.41. The van der Waals surface area contributed by atoms with Gasteiger partial charge in [-0.2, -0.15) is 0 Å².